The van der Waals surface area contributed by atoms with Crippen LogP contribution in [0.1, 0.15) is 51.7 Å². The Bertz CT molecular complexity index is 1270. The van der Waals surface area contributed by atoms with E-state index >= 15 is 0 Å². The summed E-state index contributed by atoms with van der Waals surface area (Å²) in [6.45, 7) is 8.41. The van der Waals surface area contributed by atoms with Gasteiger partial charge in [-0.05, 0) is 70.0 Å². The van der Waals surface area contributed by atoms with E-state index < -0.39 is 17.5 Å². The number of Topliss-reactive ketones (excluding diaryl/α,β-unsaturated/α-hetero) is 1. The quantitative estimate of drug-likeness (QED) is 0.162. The normalized spacial score (nSPS) is 13.6. The largest absolute Gasteiger partial charge is 0.493 e. The SMILES string of the molecule is COc1ccc(C(C#N)(CCCN(C)CC(C)OC(=O)C=C(C(C)=O)c2cccc(Cl)c2Cl)C(C)C)cc1OC.Cl. The summed E-state index contributed by atoms with van der Waals surface area (Å²) in [5, 5.41) is 10.8. The number of nitriles is 1. The van der Waals surface area contributed by atoms with Crippen LogP contribution in [-0.4, -0.2) is 57.1 Å². The molecule has 2 unspecified atom stereocenters. The van der Waals surface area contributed by atoms with Gasteiger partial charge in [0.05, 0.1) is 35.7 Å². The molecule has 2 aromatic carbocycles. The molecule has 224 valence electrons. The van der Waals surface area contributed by atoms with Gasteiger partial charge in [0.1, 0.15) is 6.10 Å². The zero-order valence-corrected chi connectivity index (χ0v) is 27.0. The second-order valence-corrected chi connectivity index (χ2v) is 10.9. The number of allylic oxidation sites excluding steroid dienone is 1. The van der Waals surface area contributed by atoms with Crippen LogP contribution in [0.5, 0.6) is 11.5 Å². The molecule has 0 radical (unpaired) electrons. The number of hydrogen-bond donors (Lipinski definition) is 0. The molecule has 0 saturated carbocycles. The van der Waals surface area contributed by atoms with Crippen molar-refractivity contribution in [2.45, 2.75) is 52.1 Å². The lowest BCUT2D eigenvalue weighted by atomic mass is 9.69. The number of carbonyl (C=O) groups is 2. The topological polar surface area (TPSA) is 88.9 Å². The Morgan fingerprint density at radius 1 is 1.10 bits per heavy atom. The van der Waals surface area contributed by atoms with Gasteiger partial charge in [0.25, 0.3) is 0 Å². The highest BCUT2D eigenvalue weighted by Gasteiger charge is 2.36. The highest BCUT2D eigenvalue weighted by molar-refractivity contribution is 6.44. The van der Waals surface area contributed by atoms with Gasteiger partial charge in [-0.3, -0.25) is 4.79 Å². The first-order valence-electron chi connectivity index (χ1n) is 13.1. The van der Waals surface area contributed by atoms with E-state index in [0.717, 1.165) is 18.1 Å². The van der Waals surface area contributed by atoms with Crippen molar-refractivity contribution in [1.29, 1.82) is 5.26 Å². The first-order chi connectivity index (χ1) is 18.9. The number of halogens is 3. The van der Waals surface area contributed by atoms with Gasteiger partial charge in [-0.25, -0.2) is 4.79 Å². The fourth-order valence-corrected chi connectivity index (χ4v) is 5.16. The summed E-state index contributed by atoms with van der Waals surface area (Å²) in [5.41, 5.74) is 0.702. The van der Waals surface area contributed by atoms with Gasteiger partial charge < -0.3 is 19.1 Å². The van der Waals surface area contributed by atoms with Crippen LogP contribution in [0.25, 0.3) is 5.57 Å². The van der Waals surface area contributed by atoms with Crippen molar-refractivity contribution in [3.63, 3.8) is 0 Å². The van der Waals surface area contributed by atoms with Gasteiger partial charge in [-0.15, -0.1) is 12.4 Å². The maximum absolute atomic E-state index is 12.6. The maximum Gasteiger partial charge on any atom is 0.331 e. The molecule has 2 rings (SSSR count). The molecule has 0 N–H and O–H groups in total. The van der Waals surface area contributed by atoms with Crippen LogP contribution < -0.4 is 9.47 Å². The third-order valence-electron chi connectivity index (χ3n) is 6.96. The van der Waals surface area contributed by atoms with E-state index in [0.29, 0.717) is 41.6 Å². The smallest absolute Gasteiger partial charge is 0.331 e. The average Bonchev–Trinajstić information content (AvgIpc) is 2.90. The lowest BCUT2D eigenvalue weighted by molar-refractivity contribution is -0.142. The molecule has 0 fully saturated rings. The second-order valence-electron chi connectivity index (χ2n) is 10.1. The van der Waals surface area contributed by atoms with E-state index in [-0.39, 0.29) is 34.7 Å². The second kappa shape index (κ2) is 16.6. The number of esters is 1. The highest BCUT2D eigenvalue weighted by Crippen LogP contribution is 2.40. The number of ketones is 1. The number of ether oxygens (including phenoxy) is 3. The Labute approximate surface area is 259 Å². The minimum absolute atomic E-state index is 0. The predicted octanol–water partition coefficient (Wildman–Crippen LogP) is 7.17. The van der Waals surface area contributed by atoms with Crippen molar-refractivity contribution < 1.29 is 23.8 Å². The molecule has 0 spiro atoms. The Kier molecular flexibility index (Phi) is 14.7. The van der Waals surface area contributed by atoms with Crippen LogP contribution in [0.2, 0.25) is 10.0 Å². The average molecular weight is 626 g/mol. The number of carbonyl (C=O) groups excluding carboxylic acids is 2. The molecule has 2 atom stereocenters. The van der Waals surface area contributed by atoms with Crippen molar-refractivity contribution in [1.82, 2.24) is 4.90 Å². The monoisotopic (exact) mass is 624 g/mol. The van der Waals surface area contributed by atoms with Gasteiger partial charge in [-0.2, -0.15) is 5.26 Å². The summed E-state index contributed by atoms with van der Waals surface area (Å²) < 4.78 is 16.4. The summed E-state index contributed by atoms with van der Waals surface area (Å²) in [6.07, 6.45) is 2.11. The predicted molar refractivity (Wildman–Crippen MR) is 166 cm³/mol. The van der Waals surface area contributed by atoms with Crippen LogP contribution in [-0.2, 0) is 19.7 Å². The molecule has 0 saturated heterocycles. The van der Waals surface area contributed by atoms with Gasteiger partial charge in [0.15, 0.2) is 17.3 Å². The molecule has 0 aromatic heterocycles. The zero-order valence-electron chi connectivity index (χ0n) is 24.6. The first-order valence-corrected chi connectivity index (χ1v) is 13.9. The van der Waals surface area contributed by atoms with E-state index in [1.165, 1.54) is 6.92 Å². The van der Waals surface area contributed by atoms with Crippen molar-refractivity contribution in [3.05, 3.63) is 63.6 Å². The van der Waals surface area contributed by atoms with E-state index in [1.807, 2.05) is 39.1 Å². The Hall–Kier alpha value is -2.76. The van der Waals surface area contributed by atoms with Crippen LogP contribution >= 0.6 is 35.6 Å². The maximum atomic E-state index is 12.6. The molecule has 0 aliphatic rings. The van der Waals surface area contributed by atoms with Crippen molar-refractivity contribution >= 4 is 52.9 Å². The van der Waals surface area contributed by atoms with Crippen LogP contribution in [0.4, 0.5) is 0 Å². The summed E-state index contributed by atoms with van der Waals surface area (Å²) in [6, 6.07) is 13.1. The molecule has 2 aromatic rings. The minimum atomic E-state index is -0.700. The van der Waals surface area contributed by atoms with Crippen molar-refractivity contribution in [3.8, 4) is 17.6 Å². The van der Waals surface area contributed by atoms with Gasteiger partial charge in [-0.1, -0.05) is 55.2 Å². The third-order valence-corrected chi connectivity index (χ3v) is 7.78. The number of methoxy groups -OCH3 is 2. The highest BCUT2D eigenvalue weighted by atomic mass is 35.5. The standard InChI is InChI=1S/C31H38Cl2N2O5.ClH/c1-20(2)31(19-34,23-12-13-27(38-6)28(16-23)39-7)14-9-15-35(5)18-21(3)40-29(37)17-25(22(4)36)24-10-8-11-26(32)30(24)33;/h8,10-13,16-17,20-21H,9,14-15,18H2,1-7H3;1H. The molecular formula is C31H39Cl3N2O5. The minimum Gasteiger partial charge on any atom is -0.493 e. The number of benzene rings is 2. The first kappa shape index (κ1) is 36.3. The zero-order chi connectivity index (χ0) is 30.0. The van der Waals surface area contributed by atoms with Gasteiger partial charge in [0.2, 0.25) is 0 Å². The van der Waals surface area contributed by atoms with Gasteiger partial charge >= 0.3 is 5.97 Å². The molecule has 41 heavy (non-hydrogen) atoms. The Morgan fingerprint density at radius 3 is 2.32 bits per heavy atom. The Morgan fingerprint density at radius 2 is 1.76 bits per heavy atom. The van der Waals surface area contributed by atoms with E-state index in [4.69, 9.17) is 37.4 Å². The van der Waals surface area contributed by atoms with Crippen LogP contribution in [0.15, 0.2) is 42.5 Å². The van der Waals surface area contributed by atoms with E-state index in [2.05, 4.69) is 11.0 Å². The fourth-order valence-electron chi connectivity index (χ4n) is 4.76. The van der Waals surface area contributed by atoms with Gasteiger partial charge in [0, 0.05) is 23.8 Å². The fraction of sp³-hybridized carbons (Fsp3) is 0.452. The molecule has 10 heteroatoms. The van der Waals surface area contributed by atoms with Crippen LogP contribution in [0, 0.1) is 17.2 Å². The summed E-state index contributed by atoms with van der Waals surface area (Å²) in [5.74, 6) is 0.306. The summed E-state index contributed by atoms with van der Waals surface area (Å²) in [4.78, 5) is 26.9. The lowest BCUT2D eigenvalue weighted by Gasteiger charge is -2.32. The summed E-state index contributed by atoms with van der Waals surface area (Å²) >= 11 is 12.3. The third kappa shape index (κ3) is 9.37. The molecule has 7 nitrogen and oxygen atoms in total. The molecule has 0 amide bonds. The number of likely N-dealkylation sites (N-methyl/N-ethyl adjacent to an activating group) is 1. The van der Waals surface area contributed by atoms with Crippen molar-refractivity contribution in [2.75, 3.05) is 34.4 Å². The van der Waals surface area contributed by atoms with E-state index in [1.54, 1.807) is 39.3 Å². The lowest BCUT2D eigenvalue weighted by Crippen LogP contribution is -2.34. The molecule has 0 aliphatic carbocycles. The Balaban J connectivity index is 0.00000840. The number of nitrogens with zero attached hydrogens (tertiary/aromatic N) is 2. The number of hydrogen-bond acceptors (Lipinski definition) is 7. The van der Waals surface area contributed by atoms with E-state index in [9.17, 15) is 14.9 Å². The molecule has 0 bridgehead atoms. The summed E-state index contributed by atoms with van der Waals surface area (Å²) in [7, 11) is 5.10. The van der Waals surface area contributed by atoms with Crippen molar-refractivity contribution in [2.24, 2.45) is 5.92 Å². The molecule has 0 aliphatic heterocycles. The molecular weight excluding hydrogens is 587 g/mol. The molecule has 0 heterocycles. The van der Waals surface area contributed by atoms with Crippen LogP contribution in [0.3, 0.4) is 0 Å². The number of rotatable bonds is 14.